The van der Waals surface area contributed by atoms with E-state index in [4.69, 9.17) is 0 Å². The molecule has 1 aromatic heterocycles. The second-order valence-corrected chi connectivity index (χ2v) is 4.35. The van der Waals surface area contributed by atoms with E-state index in [1.807, 2.05) is 0 Å². The number of hydrogen-bond donors (Lipinski definition) is 1. The third-order valence-corrected chi connectivity index (χ3v) is 3.20. The van der Waals surface area contributed by atoms with Crippen LogP contribution in [0.2, 0.25) is 0 Å². The van der Waals surface area contributed by atoms with Gasteiger partial charge in [-0.1, -0.05) is 11.3 Å². The molecule has 3 atom stereocenters. The highest BCUT2D eigenvalue weighted by Crippen LogP contribution is 2.48. The van der Waals surface area contributed by atoms with Crippen LogP contribution in [-0.2, 0) is 14.3 Å². The molecule has 0 radical (unpaired) electrons. The molecule has 0 aromatic carbocycles. The normalized spacial score (nSPS) is 23.2. The number of esters is 1. The number of carbonyl (C=O) groups is 2. The predicted molar refractivity (Wildman–Crippen MR) is 62.6 cm³/mol. The van der Waals surface area contributed by atoms with Crippen molar-refractivity contribution in [3.63, 3.8) is 0 Å². The van der Waals surface area contributed by atoms with Crippen LogP contribution in [0.5, 0.6) is 0 Å². The van der Waals surface area contributed by atoms with Crippen LogP contribution in [0.15, 0.2) is 18.9 Å². The van der Waals surface area contributed by atoms with Gasteiger partial charge in [-0.15, -0.1) is 11.7 Å². The lowest BCUT2D eigenvalue weighted by Crippen LogP contribution is -2.26. The van der Waals surface area contributed by atoms with Crippen molar-refractivity contribution in [1.82, 2.24) is 15.4 Å². The Balaban J connectivity index is 2.03. The first-order valence-electron chi connectivity index (χ1n) is 5.77. The Morgan fingerprint density at radius 1 is 1.72 bits per heavy atom. The van der Waals surface area contributed by atoms with Crippen LogP contribution in [0.3, 0.4) is 0 Å². The minimum Gasteiger partial charge on any atom is -0.468 e. The molecule has 6 nitrogen and oxygen atoms in total. The van der Waals surface area contributed by atoms with E-state index in [9.17, 15) is 9.59 Å². The average molecular weight is 249 g/mol. The van der Waals surface area contributed by atoms with E-state index in [-0.39, 0.29) is 17.6 Å². The first-order chi connectivity index (χ1) is 8.69. The minimum absolute atomic E-state index is 0.0771. The monoisotopic (exact) mass is 249 g/mol. The number of aromatic nitrogens is 3. The Morgan fingerprint density at radius 2 is 2.50 bits per heavy atom. The standard InChI is InChI=1S/C12H15N3O3/c1-3-4-7(12(17)18-2)11(16)9-5-8(9)10-6-13-15-14-10/h3,6-9H,1,4-5H2,2H3,(H,13,14,15)/t7?,8-,9-/m1/s1. The van der Waals surface area contributed by atoms with E-state index in [2.05, 4.69) is 26.7 Å². The van der Waals surface area contributed by atoms with Crippen LogP contribution in [0.25, 0.3) is 0 Å². The maximum atomic E-state index is 12.2. The molecule has 1 N–H and O–H groups in total. The molecular formula is C12H15N3O3. The second-order valence-electron chi connectivity index (χ2n) is 4.35. The number of nitrogens with one attached hydrogen (secondary N) is 1. The molecule has 0 saturated heterocycles. The van der Waals surface area contributed by atoms with Crippen LogP contribution < -0.4 is 0 Å². The number of hydrogen-bond acceptors (Lipinski definition) is 5. The third kappa shape index (κ3) is 2.32. The van der Waals surface area contributed by atoms with Crippen molar-refractivity contribution in [2.45, 2.75) is 18.8 Å². The molecule has 0 spiro atoms. The number of carbonyl (C=O) groups excluding carboxylic acids is 2. The molecule has 0 aliphatic heterocycles. The molecule has 1 aliphatic rings. The average Bonchev–Trinajstić information content (AvgIpc) is 3.00. The van der Waals surface area contributed by atoms with Crippen LogP contribution in [0.4, 0.5) is 0 Å². The predicted octanol–water partition coefficient (Wildman–Crippen LogP) is 0.843. The highest BCUT2D eigenvalue weighted by Gasteiger charge is 2.48. The molecule has 1 aromatic rings. The maximum Gasteiger partial charge on any atom is 0.316 e. The minimum atomic E-state index is -0.741. The molecule has 1 aliphatic carbocycles. The summed E-state index contributed by atoms with van der Waals surface area (Å²) in [7, 11) is 1.29. The summed E-state index contributed by atoms with van der Waals surface area (Å²) in [5, 5.41) is 10.1. The van der Waals surface area contributed by atoms with Gasteiger partial charge in [0.2, 0.25) is 0 Å². The van der Waals surface area contributed by atoms with Gasteiger partial charge in [0.1, 0.15) is 5.92 Å². The Hall–Kier alpha value is -1.98. The van der Waals surface area contributed by atoms with E-state index >= 15 is 0 Å². The first kappa shape index (κ1) is 12.5. The number of Topliss-reactive ketones (excluding diaryl/α,β-unsaturated/α-hetero) is 1. The smallest absolute Gasteiger partial charge is 0.316 e. The molecule has 0 amide bonds. The van der Waals surface area contributed by atoms with Gasteiger partial charge in [-0.3, -0.25) is 14.7 Å². The van der Waals surface area contributed by atoms with Crippen molar-refractivity contribution in [3.8, 4) is 0 Å². The first-order valence-corrected chi connectivity index (χ1v) is 5.77. The van der Waals surface area contributed by atoms with E-state index in [1.165, 1.54) is 7.11 Å². The fourth-order valence-electron chi connectivity index (χ4n) is 2.12. The van der Waals surface area contributed by atoms with Gasteiger partial charge in [0, 0.05) is 18.0 Å². The molecule has 2 rings (SSSR count). The number of allylic oxidation sites excluding steroid dienone is 1. The van der Waals surface area contributed by atoms with Crippen LogP contribution in [-0.4, -0.2) is 34.3 Å². The number of rotatable bonds is 6. The largest absolute Gasteiger partial charge is 0.468 e. The number of methoxy groups -OCH3 is 1. The molecular weight excluding hydrogens is 234 g/mol. The lowest BCUT2D eigenvalue weighted by Gasteiger charge is -2.10. The number of H-pyrrole nitrogens is 1. The molecule has 1 fully saturated rings. The molecule has 1 heterocycles. The molecule has 1 unspecified atom stereocenters. The van der Waals surface area contributed by atoms with Crippen LogP contribution >= 0.6 is 0 Å². The van der Waals surface area contributed by atoms with Crippen molar-refractivity contribution in [2.24, 2.45) is 11.8 Å². The summed E-state index contributed by atoms with van der Waals surface area (Å²) in [6.45, 7) is 3.56. The summed E-state index contributed by atoms with van der Waals surface area (Å²) in [4.78, 5) is 23.7. The van der Waals surface area contributed by atoms with Gasteiger partial charge >= 0.3 is 5.97 Å². The fourth-order valence-corrected chi connectivity index (χ4v) is 2.12. The molecule has 1 saturated carbocycles. The van der Waals surface area contributed by atoms with E-state index in [0.717, 1.165) is 12.1 Å². The Labute approximate surface area is 104 Å². The Bertz CT molecular complexity index is 455. The molecule has 6 heteroatoms. The molecule has 18 heavy (non-hydrogen) atoms. The van der Waals surface area contributed by atoms with Gasteiger partial charge in [-0.05, 0) is 12.8 Å². The van der Waals surface area contributed by atoms with E-state index in [0.29, 0.717) is 6.42 Å². The number of ether oxygens (including phenoxy) is 1. The van der Waals surface area contributed by atoms with Crippen molar-refractivity contribution in [3.05, 3.63) is 24.5 Å². The highest BCUT2D eigenvalue weighted by molar-refractivity contribution is 6.01. The SMILES string of the molecule is C=CCC(C(=O)OC)C(=O)[C@@H]1C[C@H]1c1c[nH]nn1. The Kier molecular flexibility index (Phi) is 3.55. The summed E-state index contributed by atoms with van der Waals surface area (Å²) in [5.41, 5.74) is 0.774. The van der Waals surface area contributed by atoms with Gasteiger partial charge in [0.15, 0.2) is 5.78 Å². The zero-order chi connectivity index (χ0) is 13.1. The number of ketones is 1. The Morgan fingerprint density at radius 3 is 3.06 bits per heavy atom. The lowest BCUT2D eigenvalue weighted by molar-refractivity contribution is -0.149. The number of aromatic amines is 1. The van der Waals surface area contributed by atoms with Gasteiger partial charge < -0.3 is 4.74 Å². The topological polar surface area (TPSA) is 84.9 Å². The fraction of sp³-hybridized carbons (Fsp3) is 0.500. The van der Waals surface area contributed by atoms with E-state index in [1.54, 1.807) is 12.3 Å². The molecule has 0 bridgehead atoms. The quantitative estimate of drug-likeness (QED) is 0.459. The lowest BCUT2D eigenvalue weighted by atomic mass is 9.95. The van der Waals surface area contributed by atoms with Gasteiger partial charge in [0.25, 0.3) is 0 Å². The van der Waals surface area contributed by atoms with Crippen molar-refractivity contribution in [2.75, 3.05) is 7.11 Å². The zero-order valence-corrected chi connectivity index (χ0v) is 10.1. The van der Waals surface area contributed by atoms with Crippen molar-refractivity contribution in [1.29, 1.82) is 0 Å². The van der Waals surface area contributed by atoms with Gasteiger partial charge in [-0.2, -0.15) is 0 Å². The maximum absolute atomic E-state index is 12.2. The third-order valence-electron chi connectivity index (χ3n) is 3.20. The highest BCUT2D eigenvalue weighted by atomic mass is 16.5. The zero-order valence-electron chi connectivity index (χ0n) is 10.1. The summed E-state index contributed by atoms with van der Waals surface area (Å²) >= 11 is 0. The van der Waals surface area contributed by atoms with Gasteiger partial charge in [-0.25, -0.2) is 0 Å². The van der Waals surface area contributed by atoms with Gasteiger partial charge in [0.05, 0.1) is 12.8 Å². The van der Waals surface area contributed by atoms with Crippen molar-refractivity contribution < 1.29 is 14.3 Å². The molecule has 96 valence electrons. The summed E-state index contributed by atoms with van der Waals surface area (Å²) in [5.74, 6) is -1.40. The van der Waals surface area contributed by atoms with Crippen molar-refractivity contribution >= 4 is 11.8 Å². The van der Waals surface area contributed by atoms with Crippen LogP contribution in [0, 0.1) is 11.8 Å². The second kappa shape index (κ2) is 5.12. The summed E-state index contributed by atoms with van der Waals surface area (Å²) in [6, 6.07) is 0. The number of nitrogens with zero attached hydrogens (tertiary/aromatic N) is 2. The summed E-state index contributed by atoms with van der Waals surface area (Å²) in [6.07, 6.45) is 4.27. The van der Waals surface area contributed by atoms with E-state index < -0.39 is 11.9 Å². The summed E-state index contributed by atoms with van der Waals surface area (Å²) < 4.78 is 4.65. The van der Waals surface area contributed by atoms with Crippen LogP contribution in [0.1, 0.15) is 24.5 Å².